The first-order valence-corrected chi connectivity index (χ1v) is 9.52. The largest absolute Gasteiger partial charge is 0.461 e. The molecule has 0 unspecified atom stereocenters. The molecule has 0 aliphatic heterocycles. The van der Waals surface area contributed by atoms with Crippen LogP contribution in [0, 0.1) is 5.82 Å². The Morgan fingerprint density at radius 1 is 1.00 bits per heavy atom. The minimum atomic E-state index is -0.233. The zero-order valence-electron chi connectivity index (χ0n) is 14.7. The standard InChI is InChI=1S/C21H18FN3OS/c1-15(17-9-11-18(22)12-10-17)27-21-24-23-20(19-8-5-13-26-19)25(21)14-16-6-3-2-4-7-16/h2-13,15H,14H2,1H3/t15-/m1/s1. The van der Waals surface area contributed by atoms with Crippen LogP contribution >= 0.6 is 11.8 Å². The number of hydrogen-bond acceptors (Lipinski definition) is 4. The molecular weight excluding hydrogens is 361 g/mol. The van der Waals surface area contributed by atoms with Gasteiger partial charge in [0.05, 0.1) is 12.8 Å². The summed E-state index contributed by atoms with van der Waals surface area (Å²) >= 11 is 1.59. The summed E-state index contributed by atoms with van der Waals surface area (Å²) in [5.41, 5.74) is 2.19. The number of hydrogen-bond donors (Lipinski definition) is 0. The Hall–Kier alpha value is -2.86. The first kappa shape index (κ1) is 17.5. The Balaban J connectivity index is 1.66. The Bertz CT molecular complexity index is 998. The predicted molar refractivity (Wildman–Crippen MR) is 104 cm³/mol. The zero-order chi connectivity index (χ0) is 18.6. The van der Waals surface area contributed by atoms with Crippen molar-refractivity contribution >= 4 is 11.8 Å². The van der Waals surface area contributed by atoms with Gasteiger partial charge in [0.15, 0.2) is 10.9 Å². The van der Waals surface area contributed by atoms with E-state index in [4.69, 9.17) is 4.42 Å². The van der Waals surface area contributed by atoms with E-state index in [0.29, 0.717) is 18.1 Å². The van der Waals surface area contributed by atoms with Crippen LogP contribution in [0.1, 0.15) is 23.3 Å². The van der Waals surface area contributed by atoms with Crippen LogP contribution in [-0.2, 0) is 6.54 Å². The molecule has 0 aliphatic carbocycles. The van der Waals surface area contributed by atoms with Crippen molar-refractivity contribution < 1.29 is 8.81 Å². The van der Waals surface area contributed by atoms with Gasteiger partial charge in [-0.1, -0.05) is 54.2 Å². The average Bonchev–Trinajstić information content (AvgIpc) is 3.34. The van der Waals surface area contributed by atoms with Gasteiger partial charge in [0.2, 0.25) is 5.82 Å². The van der Waals surface area contributed by atoms with Crippen molar-refractivity contribution in [3.63, 3.8) is 0 Å². The average molecular weight is 379 g/mol. The molecule has 4 rings (SSSR count). The maximum atomic E-state index is 13.2. The summed E-state index contributed by atoms with van der Waals surface area (Å²) in [5.74, 6) is 1.14. The maximum absolute atomic E-state index is 13.2. The Morgan fingerprint density at radius 3 is 2.48 bits per heavy atom. The number of thioether (sulfide) groups is 1. The highest BCUT2D eigenvalue weighted by Crippen LogP contribution is 2.35. The fraction of sp³-hybridized carbons (Fsp3) is 0.143. The van der Waals surface area contributed by atoms with E-state index in [9.17, 15) is 4.39 Å². The Morgan fingerprint density at radius 2 is 1.78 bits per heavy atom. The monoisotopic (exact) mass is 379 g/mol. The van der Waals surface area contributed by atoms with Gasteiger partial charge in [-0.2, -0.15) is 0 Å². The van der Waals surface area contributed by atoms with Crippen LogP contribution in [0.4, 0.5) is 4.39 Å². The van der Waals surface area contributed by atoms with Gasteiger partial charge in [0.25, 0.3) is 0 Å². The van der Waals surface area contributed by atoms with Gasteiger partial charge in [-0.25, -0.2) is 4.39 Å². The van der Waals surface area contributed by atoms with Crippen molar-refractivity contribution in [2.24, 2.45) is 0 Å². The fourth-order valence-electron chi connectivity index (χ4n) is 2.83. The summed E-state index contributed by atoms with van der Waals surface area (Å²) in [7, 11) is 0. The van der Waals surface area contributed by atoms with Crippen LogP contribution < -0.4 is 0 Å². The van der Waals surface area contributed by atoms with Gasteiger partial charge < -0.3 is 4.42 Å². The first-order valence-electron chi connectivity index (χ1n) is 8.64. The van der Waals surface area contributed by atoms with E-state index >= 15 is 0 Å². The summed E-state index contributed by atoms with van der Waals surface area (Å²) in [6.45, 7) is 2.72. The number of rotatable bonds is 6. The molecule has 0 spiro atoms. The second-order valence-corrected chi connectivity index (χ2v) is 7.47. The maximum Gasteiger partial charge on any atom is 0.200 e. The summed E-state index contributed by atoms with van der Waals surface area (Å²) in [5, 5.41) is 9.65. The van der Waals surface area contributed by atoms with Crippen LogP contribution in [0.5, 0.6) is 0 Å². The Kier molecular flexibility index (Phi) is 5.07. The van der Waals surface area contributed by atoms with Crippen LogP contribution in [0.2, 0.25) is 0 Å². The van der Waals surface area contributed by atoms with E-state index in [1.54, 1.807) is 30.2 Å². The SMILES string of the molecule is C[C@@H](Sc1nnc(-c2ccco2)n1Cc1ccccc1)c1ccc(F)cc1. The third kappa shape index (κ3) is 3.95. The topological polar surface area (TPSA) is 43.9 Å². The van der Waals surface area contributed by atoms with Gasteiger partial charge in [-0.3, -0.25) is 4.57 Å². The normalized spacial score (nSPS) is 12.2. The molecule has 0 bridgehead atoms. The van der Waals surface area contributed by atoms with E-state index in [0.717, 1.165) is 16.3 Å². The van der Waals surface area contributed by atoms with Crippen molar-refractivity contribution in [1.82, 2.24) is 14.8 Å². The van der Waals surface area contributed by atoms with E-state index in [-0.39, 0.29) is 11.1 Å². The van der Waals surface area contributed by atoms with Crippen LogP contribution in [-0.4, -0.2) is 14.8 Å². The number of aromatic nitrogens is 3. The highest BCUT2D eigenvalue weighted by Gasteiger charge is 2.19. The minimum Gasteiger partial charge on any atom is -0.461 e. The number of benzene rings is 2. The molecule has 27 heavy (non-hydrogen) atoms. The molecule has 0 radical (unpaired) electrons. The summed E-state index contributed by atoms with van der Waals surface area (Å²) in [6.07, 6.45) is 1.63. The number of furan rings is 1. The molecule has 6 heteroatoms. The first-order chi connectivity index (χ1) is 13.2. The van der Waals surface area contributed by atoms with Crippen molar-refractivity contribution in [2.45, 2.75) is 23.9 Å². The third-order valence-electron chi connectivity index (χ3n) is 4.26. The van der Waals surface area contributed by atoms with Gasteiger partial charge >= 0.3 is 0 Å². The summed E-state index contributed by atoms with van der Waals surface area (Å²) in [6, 6.07) is 20.5. The lowest BCUT2D eigenvalue weighted by Gasteiger charge is -2.13. The van der Waals surface area contributed by atoms with Gasteiger partial charge in [-0.15, -0.1) is 10.2 Å². The van der Waals surface area contributed by atoms with Crippen molar-refractivity contribution in [3.05, 3.63) is 89.9 Å². The number of halogens is 1. The molecule has 4 nitrogen and oxygen atoms in total. The predicted octanol–water partition coefficient (Wildman–Crippen LogP) is 5.58. The lowest BCUT2D eigenvalue weighted by molar-refractivity contribution is 0.569. The molecule has 136 valence electrons. The quantitative estimate of drug-likeness (QED) is 0.410. The van der Waals surface area contributed by atoms with E-state index < -0.39 is 0 Å². The van der Waals surface area contributed by atoms with Crippen LogP contribution in [0.3, 0.4) is 0 Å². The second kappa shape index (κ2) is 7.80. The summed E-state index contributed by atoms with van der Waals surface area (Å²) in [4.78, 5) is 0. The molecule has 2 heterocycles. The summed E-state index contributed by atoms with van der Waals surface area (Å²) < 4.78 is 20.8. The number of nitrogens with zero attached hydrogens (tertiary/aromatic N) is 3. The molecule has 0 saturated carbocycles. The third-order valence-corrected chi connectivity index (χ3v) is 5.40. The van der Waals surface area contributed by atoms with Crippen LogP contribution in [0.25, 0.3) is 11.6 Å². The smallest absolute Gasteiger partial charge is 0.200 e. The lowest BCUT2D eigenvalue weighted by atomic mass is 10.2. The van der Waals surface area contributed by atoms with E-state index in [2.05, 4.69) is 33.8 Å². The molecular formula is C21H18FN3OS. The molecule has 0 fully saturated rings. The van der Waals surface area contributed by atoms with Crippen LogP contribution in [0.15, 0.2) is 82.6 Å². The van der Waals surface area contributed by atoms with Crippen molar-refractivity contribution in [3.8, 4) is 11.6 Å². The minimum absolute atomic E-state index is 0.105. The lowest BCUT2D eigenvalue weighted by Crippen LogP contribution is -2.04. The van der Waals surface area contributed by atoms with E-state index in [1.807, 2.05) is 30.3 Å². The molecule has 0 aliphatic rings. The molecule has 0 saturated heterocycles. The highest BCUT2D eigenvalue weighted by atomic mass is 32.2. The van der Waals surface area contributed by atoms with E-state index in [1.165, 1.54) is 12.1 Å². The van der Waals surface area contributed by atoms with Gasteiger partial charge in [0, 0.05) is 5.25 Å². The molecule has 4 aromatic rings. The highest BCUT2D eigenvalue weighted by molar-refractivity contribution is 7.99. The molecule has 0 amide bonds. The Labute approximate surface area is 161 Å². The van der Waals surface area contributed by atoms with Gasteiger partial charge in [0.1, 0.15) is 5.82 Å². The van der Waals surface area contributed by atoms with Crippen molar-refractivity contribution in [1.29, 1.82) is 0 Å². The molecule has 2 aromatic carbocycles. The molecule has 1 atom stereocenters. The van der Waals surface area contributed by atoms with Crippen molar-refractivity contribution in [2.75, 3.05) is 0 Å². The molecule has 0 N–H and O–H groups in total. The molecule has 2 aromatic heterocycles. The van der Waals surface area contributed by atoms with Gasteiger partial charge in [-0.05, 0) is 42.3 Å². The zero-order valence-corrected chi connectivity index (χ0v) is 15.6. The second-order valence-electron chi connectivity index (χ2n) is 6.17. The fourth-order valence-corrected chi connectivity index (χ4v) is 3.81.